The molecule has 54 heavy (non-hydrogen) atoms. The fourth-order valence-electron chi connectivity index (χ4n) is 7.82. The minimum atomic E-state index is 1.10. The van der Waals surface area contributed by atoms with Gasteiger partial charge in [-0.1, -0.05) is 170 Å². The molecule has 1 aromatic heterocycles. The number of hydrogen-bond donors (Lipinski definition) is 0. The highest BCUT2D eigenvalue weighted by Gasteiger charge is 2.19. The molecule has 0 bridgehead atoms. The molecule has 0 unspecified atom stereocenters. The first-order valence-corrected chi connectivity index (χ1v) is 19.2. The molecule has 2 heteroatoms. The second-order valence-corrected chi connectivity index (χ2v) is 14.8. The van der Waals surface area contributed by atoms with Crippen LogP contribution < -0.4 is 4.90 Å². The molecule has 0 aliphatic heterocycles. The first-order chi connectivity index (χ1) is 26.8. The van der Waals surface area contributed by atoms with Crippen LogP contribution in [-0.2, 0) is 0 Å². The van der Waals surface area contributed by atoms with Gasteiger partial charge in [0, 0.05) is 42.5 Å². The van der Waals surface area contributed by atoms with Gasteiger partial charge in [-0.15, -0.1) is 11.3 Å². The van der Waals surface area contributed by atoms with E-state index in [-0.39, 0.29) is 0 Å². The smallest absolute Gasteiger partial charge is 0.0540 e. The summed E-state index contributed by atoms with van der Waals surface area (Å²) in [5.41, 5.74) is 13.0. The van der Waals surface area contributed by atoms with Crippen molar-refractivity contribution in [2.45, 2.75) is 0 Å². The van der Waals surface area contributed by atoms with Crippen molar-refractivity contribution in [1.29, 1.82) is 0 Å². The summed E-state index contributed by atoms with van der Waals surface area (Å²) >= 11 is 1.89. The molecular weight excluding hydrogens is 671 g/mol. The standard InChI is InChI=1S/C52H35NS/c1-3-13-36(14-4-1)37-23-25-38(26-24-37)39-27-31-42(32-28-39)53(50-21-11-9-17-44(50)40-15-5-2-6-16-40)43-33-29-41(30-34-43)48-35-49-46-19-10-12-22-51(46)54-52(49)47-20-8-7-18-45(47)48/h1-35H. The number of nitrogens with zero attached hydrogens (tertiary/aromatic N) is 1. The van der Waals surface area contributed by atoms with Crippen LogP contribution in [0, 0.1) is 0 Å². The van der Waals surface area contributed by atoms with Crippen LogP contribution in [0.4, 0.5) is 17.1 Å². The molecule has 9 aromatic carbocycles. The lowest BCUT2D eigenvalue weighted by Crippen LogP contribution is -2.11. The minimum absolute atomic E-state index is 1.10. The van der Waals surface area contributed by atoms with E-state index in [1.165, 1.54) is 75.5 Å². The lowest BCUT2D eigenvalue weighted by molar-refractivity contribution is 1.28. The molecule has 0 fully saturated rings. The maximum absolute atomic E-state index is 2.40. The van der Waals surface area contributed by atoms with Crippen LogP contribution >= 0.6 is 11.3 Å². The van der Waals surface area contributed by atoms with Gasteiger partial charge >= 0.3 is 0 Å². The Hall–Kier alpha value is -6.74. The van der Waals surface area contributed by atoms with Crippen LogP contribution in [0.15, 0.2) is 212 Å². The summed E-state index contributed by atoms with van der Waals surface area (Å²) < 4.78 is 2.68. The third-order valence-electron chi connectivity index (χ3n) is 10.5. The number of fused-ring (bicyclic) bond motifs is 5. The van der Waals surface area contributed by atoms with Gasteiger partial charge in [0.25, 0.3) is 0 Å². The number of rotatable bonds is 7. The maximum atomic E-state index is 2.40. The number of thiophene rings is 1. The fourth-order valence-corrected chi connectivity index (χ4v) is 9.04. The molecule has 0 N–H and O–H groups in total. The Morgan fingerprint density at radius 2 is 0.741 bits per heavy atom. The Balaban J connectivity index is 1.07. The molecule has 0 saturated carbocycles. The van der Waals surface area contributed by atoms with Gasteiger partial charge in [0.2, 0.25) is 0 Å². The van der Waals surface area contributed by atoms with Crippen LogP contribution in [0.2, 0.25) is 0 Å². The Kier molecular flexibility index (Phi) is 8.09. The van der Waals surface area contributed by atoms with Gasteiger partial charge in [0.05, 0.1) is 5.69 Å². The zero-order valence-corrected chi connectivity index (χ0v) is 30.4. The number of benzene rings is 9. The summed E-state index contributed by atoms with van der Waals surface area (Å²) in [6.07, 6.45) is 0. The molecule has 0 amide bonds. The van der Waals surface area contributed by atoms with Gasteiger partial charge < -0.3 is 4.90 Å². The monoisotopic (exact) mass is 705 g/mol. The predicted molar refractivity (Wildman–Crippen MR) is 233 cm³/mol. The first-order valence-electron chi connectivity index (χ1n) is 18.4. The largest absolute Gasteiger partial charge is 0.310 e. The van der Waals surface area contributed by atoms with Crippen LogP contribution in [0.25, 0.3) is 75.5 Å². The lowest BCUT2D eigenvalue weighted by Gasteiger charge is -2.28. The Morgan fingerprint density at radius 1 is 0.296 bits per heavy atom. The SMILES string of the molecule is c1ccc(-c2ccc(-c3ccc(N(c4ccc(-c5cc6c7ccccc7sc6c6ccccc56)cc4)c4ccccc4-c4ccccc4)cc3)cc2)cc1. The molecule has 0 aliphatic carbocycles. The maximum Gasteiger partial charge on any atom is 0.0540 e. The number of anilines is 3. The van der Waals surface area contributed by atoms with Crippen LogP contribution in [0.1, 0.15) is 0 Å². The van der Waals surface area contributed by atoms with E-state index in [2.05, 4.69) is 217 Å². The third kappa shape index (κ3) is 5.74. The van der Waals surface area contributed by atoms with Crippen molar-refractivity contribution < 1.29 is 0 Å². The van der Waals surface area contributed by atoms with Gasteiger partial charge in [-0.3, -0.25) is 0 Å². The predicted octanol–water partition coefficient (Wildman–Crippen LogP) is 15.3. The highest BCUT2D eigenvalue weighted by atomic mass is 32.1. The molecule has 0 saturated heterocycles. The highest BCUT2D eigenvalue weighted by molar-refractivity contribution is 7.26. The Morgan fingerprint density at radius 3 is 1.39 bits per heavy atom. The molecule has 0 aliphatic rings. The van der Waals surface area contributed by atoms with Crippen molar-refractivity contribution in [3.05, 3.63) is 212 Å². The first kappa shape index (κ1) is 32.0. The molecular formula is C52H35NS. The second kappa shape index (κ2) is 13.7. The molecule has 1 nitrogen and oxygen atoms in total. The summed E-state index contributed by atoms with van der Waals surface area (Å²) in [5.74, 6) is 0. The summed E-state index contributed by atoms with van der Waals surface area (Å²) in [6.45, 7) is 0. The molecule has 0 atom stereocenters. The van der Waals surface area contributed by atoms with Crippen LogP contribution in [-0.4, -0.2) is 0 Å². The fraction of sp³-hybridized carbons (Fsp3) is 0. The Bertz CT molecular complexity index is 2890. The molecule has 10 rings (SSSR count). The van der Waals surface area contributed by atoms with E-state index in [0.29, 0.717) is 0 Å². The van der Waals surface area contributed by atoms with Crippen molar-refractivity contribution in [3.63, 3.8) is 0 Å². The quantitative estimate of drug-likeness (QED) is 0.160. The second-order valence-electron chi connectivity index (χ2n) is 13.7. The minimum Gasteiger partial charge on any atom is -0.310 e. The molecule has 1 heterocycles. The van der Waals surface area contributed by atoms with Crippen LogP contribution in [0.5, 0.6) is 0 Å². The van der Waals surface area contributed by atoms with Gasteiger partial charge in [0.15, 0.2) is 0 Å². The summed E-state index contributed by atoms with van der Waals surface area (Å²) in [5, 5.41) is 5.23. The van der Waals surface area contributed by atoms with E-state index in [4.69, 9.17) is 0 Å². The molecule has 254 valence electrons. The van der Waals surface area contributed by atoms with Crippen molar-refractivity contribution in [1.82, 2.24) is 0 Å². The van der Waals surface area contributed by atoms with E-state index in [1.807, 2.05) is 11.3 Å². The molecule has 10 aromatic rings. The zero-order chi connectivity index (χ0) is 35.8. The van der Waals surface area contributed by atoms with Gasteiger partial charge in [0.1, 0.15) is 0 Å². The number of para-hydroxylation sites is 1. The van der Waals surface area contributed by atoms with Crippen molar-refractivity contribution >= 4 is 59.3 Å². The van der Waals surface area contributed by atoms with E-state index in [0.717, 1.165) is 17.1 Å². The zero-order valence-electron chi connectivity index (χ0n) is 29.6. The highest BCUT2D eigenvalue weighted by Crippen LogP contribution is 2.45. The van der Waals surface area contributed by atoms with Gasteiger partial charge in [-0.05, 0) is 86.8 Å². The van der Waals surface area contributed by atoms with Gasteiger partial charge in [-0.2, -0.15) is 0 Å². The lowest BCUT2D eigenvalue weighted by atomic mass is 9.95. The summed E-state index contributed by atoms with van der Waals surface area (Å²) in [4.78, 5) is 2.39. The molecule has 0 radical (unpaired) electrons. The number of hydrogen-bond acceptors (Lipinski definition) is 2. The average Bonchev–Trinajstić information content (AvgIpc) is 3.64. The average molecular weight is 706 g/mol. The van der Waals surface area contributed by atoms with E-state index in [9.17, 15) is 0 Å². The van der Waals surface area contributed by atoms with Crippen molar-refractivity contribution in [2.24, 2.45) is 0 Å². The molecule has 0 spiro atoms. The van der Waals surface area contributed by atoms with E-state index < -0.39 is 0 Å². The summed E-state index contributed by atoms with van der Waals surface area (Å²) in [7, 11) is 0. The van der Waals surface area contributed by atoms with Crippen molar-refractivity contribution in [3.8, 4) is 44.5 Å². The van der Waals surface area contributed by atoms with E-state index >= 15 is 0 Å². The summed E-state index contributed by atoms with van der Waals surface area (Å²) in [6, 6.07) is 77.0. The van der Waals surface area contributed by atoms with Crippen LogP contribution in [0.3, 0.4) is 0 Å². The third-order valence-corrected chi connectivity index (χ3v) is 11.7. The van der Waals surface area contributed by atoms with E-state index in [1.54, 1.807) is 0 Å². The van der Waals surface area contributed by atoms with Crippen molar-refractivity contribution in [2.75, 3.05) is 4.90 Å². The van der Waals surface area contributed by atoms with Gasteiger partial charge in [-0.25, -0.2) is 0 Å². The normalized spacial score (nSPS) is 11.3. The Labute approximate surface area is 319 Å². The topological polar surface area (TPSA) is 3.24 Å².